The Morgan fingerprint density at radius 1 is 1.63 bits per heavy atom. The fourth-order valence-corrected chi connectivity index (χ4v) is 2.85. The molecule has 5 heteroatoms. The van der Waals surface area contributed by atoms with Crippen LogP contribution in [0.1, 0.15) is 45.2 Å². The maximum atomic E-state index is 11.4. The van der Waals surface area contributed by atoms with E-state index in [9.17, 15) is 4.79 Å². The Kier molecular flexibility index (Phi) is 4.58. The largest absolute Gasteiger partial charge is 0.375 e. The summed E-state index contributed by atoms with van der Waals surface area (Å²) in [6.45, 7) is 6.62. The summed E-state index contributed by atoms with van der Waals surface area (Å²) in [5, 5.41) is 3.05. The molecule has 0 bridgehead atoms. The molecule has 0 saturated carbocycles. The predicted octanol–water partition coefficient (Wildman–Crippen LogP) is 1.83. The van der Waals surface area contributed by atoms with Crippen molar-refractivity contribution >= 4 is 5.91 Å². The first-order valence-corrected chi connectivity index (χ1v) is 6.95. The van der Waals surface area contributed by atoms with Gasteiger partial charge in [0.25, 0.3) is 0 Å². The highest BCUT2D eigenvalue weighted by Gasteiger charge is 2.37. The summed E-state index contributed by atoms with van der Waals surface area (Å²) in [5.41, 5.74) is 1.10. The van der Waals surface area contributed by atoms with Crippen molar-refractivity contribution < 1.29 is 9.53 Å². The van der Waals surface area contributed by atoms with Crippen LogP contribution in [0, 0.1) is 5.92 Å². The van der Waals surface area contributed by atoms with Crippen LogP contribution in [0.5, 0.6) is 0 Å². The van der Waals surface area contributed by atoms with E-state index >= 15 is 0 Å². The van der Waals surface area contributed by atoms with Gasteiger partial charge in [-0.15, -0.1) is 0 Å². The van der Waals surface area contributed by atoms with Gasteiger partial charge >= 0.3 is 0 Å². The monoisotopic (exact) mass is 265 g/mol. The Hall–Kier alpha value is -1.36. The summed E-state index contributed by atoms with van der Waals surface area (Å²) in [6.07, 6.45) is 5.48. The molecule has 2 heterocycles. The highest BCUT2D eigenvalue weighted by atomic mass is 16.5. The van der Waals surface area contributed by atoms with Crippen LogP contribution in [0.2, 0.25) is 0 Å². The standard InChI is InChI=1S/C14H23N3O2/c1-9(2)6-12(17-10(3)18)14-11(4-5-19-14)13-7-15-8-16-13/h7-9,11-12,14H,4-6H2,1-3H3,(H,15,16)(H,17,18)/t11-,12-,14+/m0/s1. The maximum absolute atomic E-state index is 11.4. The molecule has 19 heavy (non-hydrogen) atoms. The Morgan fingerprint density at radius 3 is 3.00 bits per heavy atom. The van der Waals surface area contributed by atoms with Crippen LogP contribution in [0.4, 0.5) is 0 Å². The zero-order chi connectivity index (χ0) is 13.8. The molecule has 3 atom stereocenters. The molecule has 0 unspecified atom stereocenters. The fraction of sp³-hybridized carbons (Fsp3) is 0.714. The molecule has 2 N–H and O–H groups in total. The number of aromatic nitrogens is 2. The van der Waals surface area contributed by atoms with E-state index in [4.69, 9.17) is 4.74 Å². The van der Waals surface area contributed by atoms with Crippen LogP contribution in [0.25, 0.3) is 0 Å². The third kappa shape index (κ3) is 3.56. The molecule has 1 amide bonds. The first-order valence-electron chi connectivity index (χ1n) is 6.95. The third-order valence-corrected chi connectivity index (χ3v) is 3.57. The van der Waals surface area contributed by atoms with Gasteiger partial charge in [-0.3, -0.25) is 4.79 Å². The number of carbonyl (C=O) groups is 1. The minimum absolute atomic E-state index is 0.00418. The number of carbonyl (C=O) groups excluding carboxylic acids is 1. The van der Waals surface area contributed by atoms with Gasteiger partial charge in [0.2, 0.25) is 5.91 Å². The Morgan fingerprint density at radius 2 is 2.42 bits per heavy atom. The van der Waals surface area contributed by atoms with Gasteiger partial charge in [-0.05, 0) is 18.8 Å². The molecule has 2 rings (SSSR count). The van der Waals surface area contributed by atoms with Crippen LogP contribution in [-0.2, 0) is 9.53 Å². The topological polar surface area (TPSA) is 67.0 Å². The zero-order valence-electron chi connectivity index (χ0n) is 11.8. The number of ether oxygens (including phenoxy) is 1. The SMILES string of the molecule is CC(=O)N[C@@H](CC(C)C)[C@@H]1OCC[C@H]1c1cnc[nH]1. The van der Waals surface area contributed by atoms with E-state index in [2.05, 4.69) is 29.1 Å². The number of hydrogen-bond acceptors (Lipinski definition) is 3. The van der Waals surface area contributed by atoms with E-state index in [-0.39, 0.29) is 24.0 Å². The summed E-state index contributed by atoms with van der Waals surface area (Å²) >= 11 is 0. The number of amides is 1. The molecule has 1 fully saturated rings. The van der Waals surface area contributed by atoms with E-state index in [0.717, 1.165) is 25.1 Å². The van der Waals surface area contributed by atoms with Crippen molar-refractivity contribution in [3.8, 4) is 0 Å². The van der Waals surface area contributed by atoms with Crippen LogP contribution in [-0.4, -0.2) is 34.6 Å². The van der Waals surface area contributed by atoms with E-state index in [0.29, 0.717) is 5.92 Å². The summed E-state index contributed by atoms with van der Waals surface area (Å²) in [4.78, 5) is 18.6. The van der Waals surface area contributed by atoms with Crippen molar-refractivity contribution in [2.45, 2.75) is 51.7 Å². The van der Waals surface area contributed by atoms with Crippen molar-refractivity contribution in [2.75, 3.05) is 6.61 Å². The lowest BCUT2D eigenvalue weighted by atomic mass is 9.88. The first kappa shape index (κ1) is 14.1. The molecule has 5 nitrogen and oxygen atoms in total. The predicted molar refractivity (Wildman–Crippen MR) is 72.7 cm³/mol. The Balaban J connectivity index is 2.12. The molecule has 1 saturated heterocycles. The number of H-pyrrole nitrogens is 1. The number of imidazole rings is 1. The minimum atomic E-state index is 0.00418. The molecule has 106 valence electrons. The maximum Gasteiger partial charge on any atom is 0.217 e. The van der Waals surface area contributed by atoms with Crippen LogP contribution in [0.15, 0.2) is 12.5 Å². The molecular formula is C14H23N3O2. The van der Waals surface area contributed by atoms with E-state index in [1.54, 1.807) is 13.3 Å². The van der Waals surface area contributed by atoms with Gasteiger partial charge in [0.15, 0.2) is 0 Å². The average Bonchev–Trinajstić information content (AvgIpc) is 2.97. The van der Waals surface area contributed by atoms with Crippen molar-refractivity contribution in [1.29, 1.82) is 0 Å². The van der Waals surface area contributed by atoms with Crippen LogP contribution >= 0.6 is 0 Å². The zero-order valence-corrected chi connectivity index (χ0v) is 11.8. The second kappa shape index (κ2) is 6.19. The van der Waals surface area contributed by atoms with E-state index in [1.165, 1.54) is 0 Å². The number of rotatable bonds is 5. The van der Waals surface area contributed by atoms with Gasteiger partial charge in [0.1, 0.15) is 0 Å². The average molecular weight is 265 g/mol. The van der Waals surface area contributed by atoms with Crippen LogP contribution < -0.4 is 5.32 Å². The van der Waals surface area contributed by atoms with E-state index in [1.807, 2.05) is 6.20 Å². The highest BCUT2D eigenvalue weighted by molar-refractivity contribution is 5.73. The molecule has 1 aromatic heterocycles. The van der Waals surface area contributed by atoms with Gasteiger partial charge in [-0.1, -0.05) is 13.8 Å². The summed E-state index contributed by atoms with van der Waals surface area (Å²) in [6, 6.07) is 0.0632. The van der Waals surface area contributed by atoms with Crippen molar-refractivity contribution in [1.82, 2.24) is 15.3 Å². The number of hydrogen-bond donors (Lipinski definition) is 2. The summed E-state index contributed by atoms with van der Waals surface area (Å²) in [5.74, 6) is 0.811. The molecule has 0 aromatic carbocycles. The fourth-order valence-electron chi connectivity index (χ4n) is 2.85. The van der Waals surface area contributed by atoms with Gasteiger partial charge < -0.3 is 15.0 Å². The molecule has 1 aliphatic rings. The summed E-state index contributed by atoms with van der Waals surface area (Å²) < 4.78 is 5.89. The Bertz CT molecular complexity index is 403. The number of nitrogens with zero attached hydrogens (tertiary/aromatic N) is 1. The number of aromatic amines is 1. The van der Waals surface area contributed by atoms with Crippen molar-refractivity contribution in [2.24, 2.45) is 5.92 Å². The third-order valence-electron chi connectivity index (χ3n) is 3.57. The minimum Gasteiger partial charge on any atom is -0.375 e. The lowest BCUT2D eigenvalue weighted by Crippen LogP contribution is -2.45. The van der Waals surface area contributed by atoms with Crippen molar-refractivity contribution in [3.63, 3.8) is 0 Å². The molecule has 0 aliphatic carbocycles. The first-order chi connectivity index (χ1) is 9.08. The molecule has 1 aromatic rings. The lowest BCUT2D eigenvalue weighted by Gasteiger charge is -2.29. The van der Waals surface area contributed by atoms with Crippen molar-refractivity contribution in [3.05, 3.63) is 18.2 Å². The molecular weight excluding hydrogens is 242 g/mol. The number of nitrogens with one attached hydrogen (secondary N) is 2. The summed E-state index contributed by atoms with van der Waals surface area (Å²) in [7, 11) is 0. The van der Waals surface area contributed by atoms with Gasteiger partial charge in [-0.25, -0.2) is 4.98 Å². The Labute approximate surface area is 114 Å². The quantitative estimate of drug-likeness (QED) is 0.853. The molecule has 1 aliphatic heterocycles. The lowest BCUT2D eigenvalue weighted by molar-refractivity contribution is -0.120. The second-order valence-electron chi connectivity index (χ2n) is 5.67. The van der Waals surface area contributed by atoms with E-state index < -0.39 is 0 Å². The van der Waals surface area contributed by atoms with Gasteiger partial charge in [0, 0.05) is 31.3 Å². The molecule has 0 radical (unpaired) electrons. The van der Waals surface area contributed by atoms with Crippen LogP contribution in [0.3, 0.4) is 0 Å². The normalized spacial score (nSPS) is 24.6. The molecule has 0 spiro atoms. The van der Waals surface area contributed by atoms with Gasteiger partial charge in [0.05, 0.1) is 18.5 Å². The highest BCUT2D eigenvalue weighted by Crippen LogP contribution is 2.33. The second-order valence-corrected chi connectivity index (χ2v) is 5.67. The van der Waals surface area contributed by atoms with Gasteiger partial charge in [-0.2, -0.15) is 0 Å². The smallest absolute Gasteiger partial charge is 0.217 e.